The maximum absolute atomic E-state index is 12.8. The van der Waals surface area contributed by atoms with Crippen LogP contribution >= 0.6 is 21.6 Å². The number of nitrogens with two attached hydrogens (primary N) is 1. The van der Waals surface area contributed by atoms with Crippen LogP contribution in [-0.4, -0.2) is 103 Å². The monoisotopic (exact) mass is 1110 g/mol. The number of ether oxygens (including phenoxy) is 1. The quantitative estimate of drug-likeness (QED) is 0.0410. The second-order valence-electron chi connectivity index (χ2n) is 24.5. The minimum atomic E-state index is -1.08. The largest absolute Gasteiger partial charge is 0.504 e. The number of aromatic hydroxyl groups is 1. The molecular weight excluding hydrogens is 1030 g/mol. The molecule has 3 aromatic carbocycles. The number of H-pyrrole nitrogens is 1. The maximum atomic E-state index is 12.8. The summed E-state index contributed by atoms with van der Waals surface area (Å²) in [6, 6.07) is 29.4. The fourth-order valence-electron chi connectivity index (χ4n) is 16.3. The Balaban J connectivity index is 0.986. The van der Waals surface area contributed by atoms with E-state index in [1.165, 1.54) is 11.1 Å². The molecule has 2 saturated carbocycles. The van der Waals surface area contributed by atoms with Crippen LogP contribution in [0.1, 0.15) is 117 Å². The van der Waals surface area contributed by atoms with Gasteiger partial charge in [0.05, 0.1) is 24.4 Å². The lowest BCUT2D eigenvalue weighted by molar-refractivity contribution is -0.101. The third kappa shape index (κ3) is 11.4. The maximum Gasteiger partial charge on any atom is 0.161 e. The summed E-state index contributed by atoms with van der Waals surface area (Å²) >= 11 is 0. The van der Waals surface area contributed by atoms with E-state index in [2.05, 4.69) is 108 Å². The van der Waals surface area contributed by atoms with E-state index in [0.717, 1.165) is 72.1 Å². The number of rotatable bonds is 10. The van der Waals surface area contributed by atoms with Crippen LogP contribution in [-0.2, 0) is 19.3 Å². The lowest BCUT2D eigenvalue weighted by atomic mass is 9.44. The Hall–Kier alpha value is -4.62. The molecule has 11 rings (SSSR count). The number of phenolic OH excluding ortho intramolecular Hbond substituents is 1. The van der Waals surface area contributed by atoms with E-state index in [0.29, 0.717) is 75.2 Å². The van der Waals surface area contributed by atoms with E-state index in [1.54, 1.807) is 21.6 Å². The third-order valence-corrected chi connectivity index (χ3v) is 22.6. The first kappa shape index (κ1) is 56.3. The van der Waals surface area contributed by atoms with Gasteiger partial charge in [-0.1, -0.05) is 132 Å². The van der Waals surface area contributed by atoms with Gasteiger partial charge in [-0.05, 0) is 158 Å². The van der Waals surface area contributed by atoms with E-state index in [4.69, 9.17) is 10.5 Å². The minimum absolute atomic E-state index is 0.0286. The van der Waals surface area contributed by atoms with Crippen molar-refractivity contribution in [3.8, 4) is 23.3 Å². The summed E-state index contributed by atoms with van der Waals surface area (Å²) in [6.07, 6.45) is 11.4. The van der Waals surface area contributed by atoms with Crippen molar-refractivity contribution in [3.63, 3.8) is 0 Å². The van der Waals surface area contributed by atoms with Crippen LogP contribution in [0, 0.1) is 64.1 Å². The molecule has 0 radical (unpaired) electrons. The fourth-order valence-corrected chi connectivity index (χ4v) is 18.9. The van der Waals surface area contributed by atoms with E-state index in [-0.39, 0.29) is 65.6 Å². The molecule has 11 nitrogen and oxygen atoms in total. The summed E-state index contributed by atoms with van der Waals surface area (Å²) in [4.78, 5) is 3.38. The topological polar surface area (TPSA) is 205 Å². The molecule has 7 aliphatic rings. The second kappa shape index (κ2) is 24.5. The molecule has 1 aromatic heterocycles. The molecule has 422 valence electrons. The van der Waals surface area contributed by atoms with Gasteiger partial charge in [-0.25, -0.2) is 0 Å². The van der Waals surface area contributed by atoms with E-state index < -0.39 is 53.7 Å². The van der Waals surface area contributed by atoms with E-state index in [1.807, 2.05) is 24.4 Å². The summed E-state index contributed by atoms with van der Waals surface area (Å²) in [6.45, 7) is 2.49. The summed E-state index contributed by atoms with van der Waals surface area (Å²) < 4.78 is 6.99. The highest BCUT2D eigenvalue weighted by Gasteiger charge is 2.61. The number of aliphatic hydroxyl groups is 6. The number of aromatic nitrogens is 1. The average Bonchev–Trinajstić information content (AvgIpc) is 4.19. The van der Waals surface area contributed by atoms with Crippen LogP contribution in [0.4, 0.5) is 0 Å². The first-order chi connectivity index (χ1) is 38.4. The summed E-state index contributed by atoms with van der Waals surface area (Å²) in [7, 11) is 3.25. The van der Waals surface area contributed by atoms with Gasteiger partial charge in [-0.15, -0.1) is 0 Å². The summed E-state index contributed by atoms with van der Waals surface area (Å²) in [5.74, 6) is 7.97. The number of phenols is 1. The Morgan fingerprint density at radius 3 is 2.37 bits per heavy atom. The lowest BCUT2D eigenvalue weighted by Gasteiger charge is -2.59. The SMILES string of the molecule is CC[C@H]1Cc2cc(O)c(O[C@H]3C[C@@H](Cc4ccc[nH]4)C4=CCNC(N)=C4CSSC[C@H](CO)[C@@H]3O)cc2[C@@H]2C[C@@H](O)[C@@H]3[C@@H](C#C[C@]4(C[C@@H](O)CC[C@@H]3O)C[C@H](c3ccccc3)[C@H](Cc3ccccc3)C3(CCCC3)[C@H]4CO)C=C12. The minimum Gasteiger partial charge on any atom is -0.504 e. The lowest BCUT2D eigenvalue weighted by Crippen LogP contribution is -2.55. The van der Waals surface area contributed by atoms with Crippen molar-refractivity contribution in [1.29, 1.82) is 0 Å². The van der Waals surface area contributed by atoms with Crippen molar-refractivity contribution < 1.29 is 40.5 Å². The molecular formula is C66H83N3O8S2. The molecule has 3 heterocycles. The summed E-state index contributed by atoms with van der Waals surface area (Å²) in [5.41, 5.74) is 14.5. The van der Waals surface area contributed by atoms with Crippen LogP contribution < -0.4 is 15.8 Å². The molecule has 2 spiro atoms. The number of benzene rings is 3. The normalized spacial score (nSPS) is 34.7. The van der Waals surface area contributed by atoms with Gasteiger partial charge in [-0.3, -0.25) is 0 Å². The van der Waals surface area contributed by atoms with Crippen molar-refractivity contribution in [1.82, 2.24) is 10.3 Å². The van der Waals surface area contributed by atoms with E-state index >= 15 is 0 Å². The molecule has 1 saturated heterocycles. The third-order valence-electron chi connectivity index (χ3n) is 20.2. The number of aromatic amines is 1. The van der Waals surface area contributed by atoms with Crippen LogP contribution in [0.2, 0.25) is 0 Å². The number of fused-ring (bicyclic) bond motifs is 5. The van der Waals surface area contributed by atoms with Crippen molar-refractivity contribution in [3.05, 3.63) is 154 Å². The molecule has 3 fully saturated rings. The van der Waals surface area contributed by atoms with Crippen LogP contribution in [0.3, 0.4) is 0 Å². The first-order valence-corrected chi connectivity index (χ1v) is 32.0. The molecule has 4 aromatic rings. The number of allylic oxidation sites excluding steroid dienone is 3. The van der Waals surface area contributed by atoms with Crippen molar-refractivity contribution in [2.75, 3.05) is 31.3 Å². The van der Waals surface area contributed by atoms with Gasteiger partial charge in [0.25, 0.3) is 0 Å². The van der Waals surface area contributed by atoms with Crippen molar-refractivity contribution >= 4 is 21.6 Å². The van der Waals surface area contributed by atoms with Crippen LogP contribution in [0.25, 0.3) is 0 Å². The molecule has 15 atom stereocenters. The van der Waals surface area contributed by atoms with Crippen LogP contribution in [0.15, 0.2) is 126 Å². The highest BCUT2D eigenvalue weighted by atomic mass is 33.1. The smallest absolute Gasteiger partial charge is 0.161 e. The standard InChI is InChI=1S/C66H83N3O8S2/c1-2-41-27-44-30-57(74)59(77-60-31-45(28-47-16-11-24-68-47)49-20-25-69-64(67)54(49)39-79-78-38-46(36-70)63(60)76)33-51(44)52-32-58(75)62-43(29-50(41)52)19-23-65(34-48(72)17-18-56(62)73)35-53(42-14-7-4-8-15-42)55(26-40-12-5-3-6-13-40)66(61(65)37-71)21-9-10-22-66/h3-8,11-16,20,24,29-30,33,41,43,45-46,48,52-53,55-56,58,60-63,68-76H,2,9-10,17-18,21-22,25-28,31-32,34-39,67H2,1H3/t41-,43-,45+,46-,48-,52+,53+,55-,56-,58+,60-,61-,62+,63-,65-/m0/s1. The Morgan fingerprint density at radius 2 is 1.63 bits per heavy atom. The van der Waals surface area contributed by atoms with Crippen molar-refractivity contribution in [2.24, 2.45) is 58.0 Å². The van der Waals surface area contributed by atoms with Gasteiger partial charge in [0.15, 0.2) is 11.5 Å². The molecule has 0 bridgehead atoms. The molecule has 11 N–H and O–H groups in total. The van der Waals surface area contributed by atoms with Crippen LogP contribution in [0.5, 0.6) is 11.5 Å². The van der Waals surface area contributed by atoms with Gasteiger partial charge in [-0.2, -0.15) is 0 Å². The average molecular weight is 1110 g/mol. The van der Waals surface area contributed by atoms with Gasteiger partial charge in [0.2, 0.25) is 0 Å². The molecule has 0 amide bonds. The molecule has 79 heavy (non-hydrogen) atoms. The predicted octanol–water partition coefficient (Wildman–Crippen LogP) is 9.48. The Labute approximate surface area is 475 Å². The van der Waals surface area contributed by atoms with Gasteiger partial charge < -0.3 is 56.5 Å². The number of hydrogen-bond donors (Lipinski definition) is 10. The Bertz CT molecular complexity index is 2880. The highest BCUT2D eigenvalue weighted by Crippen LogP contribution is 2.67. The van der Waals surface area contributed by atoms with Gasteiger partial charge in [0.1, 0.15) is 11.9 Å². The van der Waals surface area contributed by atoms with Gasteiger partial charge in [0, 0.05) is 83.7 Å². The molecule has 13 heteroatoms. The predicted molar refractivity (Wildman–Crippen MR) is 315 cm³/mol. The zero-order chi connectivity index (χ0) is 54.8. The molecule has 5 aliphatic carbocycles. The zero-order valence-corrected chi connectivity index (χ0v) is 47.4. The Morgan fingerprint density at radius 1 is 0.848 bits per heavy atom. The first-order valence-electron chi connectivity index (χ1n) is 29.5. The molecule has 2 aliphatic heterocycles. The number of nitrogens with one attached hydrogen (secondary N) is 2. The summed E-state index contributed by atoms with van der Waals surface area (Å²) in [5, 5.41) is 87.8. The Kier molecular flexibility index (Phi) is 17.4. The highest BCUT2D eigenvalue weighted by molar-refractivity contribution is 8.76. The number of hydrogen-bond acceptors (Lipinski definition) is 12. The van der Waals surface area contributed by atoms with Gasteiger partial charge >= 0.3 is 0 Å². The second-order valence-corrected chi connectivity index (χ2v) is 27.0. The van der Waals surface area contributed by atoms with E-state index in [9.17, 15) is 35.7 Å². The fraction of sp³-hybridized carbons (Fsp3) is 0.545. The van der Waals surface area contributed by atoms with Crippen molar-refractivity contribution in [2.45, 2.75) is 139 Å². The number of aliphatic hydroxyl groups excluding tert-OH is 6. The zero-order valence-electron chi connectivity index (χ0n) is 45.8. The molecule has 0 unspecified atom stereocenters. The number of dihydropyridines is 1.